The van der Waals surface area contributed by atoms with E-state index in [2.05, 4.69) is 30.4 Å². The Morgan fingerprint density at radius 2 is 2.23 bits per heavy atom. The van der Waals surface area contributed by atoms with Gasteiger partial charge in [0.15, 0.2) is 0 Å². The summed E-state index contributed by atoms with van der Waals surface area (Å²) in [5.74, 6) is 3.03. The number of rotatable bonds is 6. The topological polar surface area (TPSA) is 41.1 Å². The van der Waals surface area contributed by atoms with Crippen LogP contribution in [0.3, 0.4) is 0 Å². The molecule has 0 rings (SSSR count). The van der Waals surface area contributed by atoms with Gasteiger partial charge in [-0.15, -0.1) is 6.42 Å². The Hall–Kier alpha value is -1.01. The summed E-state index contributed by atoms with van der Waals surface area (Å²) in [6, 6.07) is 0. The van der Waals surface area contributed by atoms with Gasteiger partial charge in [-0.1, -0.05) is 19.8 Å². The van der Waals surface area contributed by atoms with Crippen molar-refractivity contribution in [3.05, 3.63) is 0 Å². The molecule has 0 fully saturated rings. The van der Waals surface area contributed by atoms with Gasteiger partial charge in [-0.2, -0.15) is 0 Å². The number of amides is 1. The summed E-state index contributed by atoms with van der Waals surface area (Å²) >= 11 is 0. The lowest BCUT2D eigenvalue weighted by Crippen LogP contribution is -2.30. The fourth-order valence-electron chi connectivity index (χ4n) is 0.769. The third-order valence-corrected chi connectivity index (χ3v) is 1.46. The predicted molar refractivity (Wildman–Crippen MR) is 54.2 cm³/mol. The molecule has 0 aliphatic heterocycles. The average Bonchev–Trinajstić information content (AvgIpc) is 2.09. The van der Waals surface area contributed by atoms with E-state index in [0.717, 1.165) is 6.54 Å². The predicted octanol–water partition coefficient (Wildman–Crippen LogP) is 0.371. The minimum atomic E-state index is 0.0817. The maximum absolute atomic E-state index is 11.1. The molecular weight excluding hydrogens is 164 g/mol. The highest BCUT2D eigenvalue weighted by Crippen LogP contribution is 1.87. The summed E-state index contributed by atoms with van der Waals surface area (Å²) in [7, 11) is 0. The van der Waals surface area contributed by atoms with Crippen LogP contribution >= 0.6 is 0 Å². The smallest absolute Gasteiger partial charge is 0.221 e. The molecule has 0 saturated heterocycles. The molecule has 0 heterocycles. The second kappa shape index (κ2) is 7.63. The summed E-state index contributed by atoms with van der Waals surface area (Å²) in [4.78, 5) is 11.1. The zero-order valence-electron chi connectivity index (χ0n) is 8.39. The molecule has 13 heavy (non-hydrogen) atoms. The van der Waals surface area contributed by atoms with Gasteiger partial charge in [-0.05, 0) is 5.92 Å². The Bertz CT molecular complexity index is 182. The third kappa shape index (κ3) is 8.90. The van der Waals surface area contributed by atoms with Crippen LogP contribution in [-0.4, -0.2) is 25.5 Å². The second-order valence-electron chi connectivity index (χ2n) is 3.33. The minimum absolute atomic E-state index is 0.0817. The highest BCUT2D eigenvalue weighted by molar-refractivity contribution is 5.76. The highest BCUT2D eigenvalue weighted by atomic mass is 16.1. The first kappa shape index (κ1) is 12.0. The molecule has 0 aromatic heterocycles. The van der Waals surface area contributed by atoms with E-state index >= 15 is 0 Å². The van der Waals surface area contributed by atoms with E-state index in [9.17, 15) is 4.79 Å². The molecule has 0 aromatic rings. The fourth-order valence-corrected chi connectivity index (χ4v) is 0.769. The van der Waals surface area contributed by atoms with E-state index < -0.39 is 0 Å². The first-order chi connectivity index (χ1) is 6.16. The van der Waals surface area contributed by atoms with Crippen molar-refractivity contribution in [1.29, 1.82) is 0 Å². The van der Waals surface area contributed by atoms with Crippen molar-refractivity contribution in [3.63, 3.8) is 0 Å². The Balaban J connectivity index is 3.26. The van der Waals surface area contributed by atoms with Gasteiger partial charge in [0.2, 0.25) is 5.91 Å². The monoisotopic (exact) mass is 182 g/mol. The average molecular weight is 182 g/mol. The number of carbonyl (C=O) groups is 1. The Kier molecular flexibility index (Phi) is 7.04. The lowest BCUT2D eigenvalue weighted by atomic mass is 10.2. The summed E-state index contributed by atoms with van der Waals surface area (Å²) in [5.41, 5.74) is 0. The second-order valence-corrected chi connectivity index (χ2v) is 3.33. The van der Waals surface area contributed by atoms with Crippen LogP contribution in [0.5, 0.6) is 0 Å². The first-order valence-electron chi connectivity index (χ1n) is 4.57. The number of nitrogens with one attached hydrogen (secondary N) is 2. The normalized spacial score (nSPS) is 9.69. The molecule has 0 bridgehead atoms. The van der Waals surface area contributed by atoms with E-state index in [1.807, 2.05) is 0 Å². The van der Waals surface area contributed by atoms with E-state index in [0.29, 0.717) is 25.4 Å². The highest BCUT2D eigenvalue weighted by Gasteiger charge is 2.00. The lowest BCUT2D eigenvalue weighted by Gasteiger charge is -2.07. The van der Waals surface area contributed by atoms with E-state index in [1.165, 1.54) is 0 Å². The van der Waals surface area contributed by atoms with Gasteiger partial charge in [0.25, 0.3) is 0 Å². The molecular formula is C10H18N2O. The van der Waals surface area contributed by atoms with Gasteiger partial charge < -0.3 is 10.6 Å². The van der Waals surface area contributed by atoms with Crippen molar-refractivity contribution in [2.45, 2.75) is 20.3 Å². The van der Waals surface area contributed by atoms with Crippen molar-refractivity contribution in [3.8, 4) is 12.3 Å². The molecule has 0 unspecified atom stereocenters. The Labute approximate surface area is 80.3 Å². The van der Waals surface area contributed by atoms with Crippen LogP contribution in [0.4, 0.5) is 0 Å². The SMILES string of the molecule is C#CCNCCC(=O)NCC(C)C. The van der Waals surface area contributed by atoms with Gasteiger partial charge in [-0.3, -0.25) is 4.79 Å². The number of terminal acetylenes is 1. The van der Waals surface area contributed by atoms with Crippen LogP contribution in [0.25, 0.3) is 0 Å². The summed E-state index contributed by atoms with van der Waals surface area (Å²) in [6.45, 7) is 6.05. The molecule has 3 heteroatoms. The van der Waals surface area contributed by atoms with E-state index in [4.69, 9.17) is 6.42 Å². The van der Waals surface area contributed by atoms with Crippen molar-refractivity contribution in [1.82, 2.24) is 10.6 Å². The largest absolute Gasteiger partial charge is 0.356 e. The number of hydrogen-bond donors (Lipinski definition) is 2. The minimum Gasteiger partial charge on any atom is -0.356 e. The third-order valence-electron chi connectivity index (χ3n) is 1.46. The Morgan fingerprint density at radius 3 is 2.77 bits per heavy atom. The van der Waals surface area contributed by atoms with Crippen LogP contribution in [0.2, 0.25) is 0 Å². The quantitative estimate of drug-likeness (QED) is 0.460. The lowest BCUT2D eigenvalue weighted by molar-refractivity contribution is -0.121. The van der Waals surface area contributed by atoms with E-state index in [-0.39, 0.29) is 5.91 Å². The van der Waals surface area contributed by atoms with Crippen molar-refractivity contribution >= 4 is 5.91 Å². The summed E-state index contributed by atoms with van der Waals surface area (Å²) in [6.07, 6.45) is 5.53. The van der Waals surface area contributed by atoms with Crippen LogP contribution in [0.15, 0.2) is 0 Å². The maximum atomic E-state index is 11.1. The molecule has 2 N–H and O–H groups in total. The van der Waals surface area contributed by atoms with Crippen LogP contribution < -0.4 is 10.6 Å². The number of carbonyl (C=O) groups excluding carboxylic acids is 1. The van der Waals surface area contributed by atoms with Crippen LogP contribution in [0, 0.1) is 18.3 Å². The zero-order chi connectivity index (χ0) is 10.1. The molecule has 0 aliphatic carbocycles. The van der Waals surface area contributed by atoms with Gasteiger partial charge in [-0.25, -0.2) is 0 Å². The van der Waals surface area contributed by atoms with Gasteiger partial charge >= 0.3 is 0 Å². The molecule has 0 spiro atoms. The molecule has 3 nitrogen and oxygen atoms in total. The molecule has 0 aliphatic rings. The van der Waals surface area contributed by atoms with Crippen molar-refractivity contribution in [2.75, 3.05) is 19.6 Å². The molecule has 0 aromatic carbocycles. The summed E-state index contributed by atoms with van der Waals surface area (Å²) < 4.78 is 0. The standard InChI is InChI=1S/C10H18N2O/c1-4-6-11-7-5-10(13)12-8-9(2)3/h1,9,11H,5-8H2,2-3H3,(H,12,13). The summed E-state index contributed by atoms with van der Waals surface area (Å²) in [5, 5.41) is 5.79. The van der Waals surface area contributed by atoms with Crippen LogP contribution in [-0.2, 0) is 4.79 Å². The van der Waals surface area contributed by atoms with Gasteiger partial charge in [0.05, 0.1) is 6.54 Å². The zero-order valence-corrected chi connectivity index (χ0v) is 8.39. The fraction of sp³-hybridized carbons (Fsp3) is 0.700. The Morgan fingerprint density at radius 1 is 1.54 bits per heavy atom. The van der Waals surface area contributed by atoms with Gasteiger partial charge in [0, 0.05) is 19.5 Å². The van der Waals surface area contributed by atoms with Crippen LogP contribution in [0.1, 0.15) is 20.3 Å². The van der Waals surface area contributed by atoms with Gasteiger partial charge in [0.1, 0.15) is 0 Å². The molecule has 0 radical (unpaired) electrons. The van der Waals surface area contributed by atoms with E-state index in [1.54, 1.807) is 0 Å². The first-order valence-corrected chi connectivity index (χ1v) is 4.57. The van der Waals surface area contributed by atoms with Crippen molar-refractivity contribution in [2.24, 2.45) is 5.92 Å². The molecule has 74 valence electrons. The van der Waals surface area contributed by atoms with Crippen molar-refractivity contribution < 1.29 is 4.79 Å². The molecule has 0 atom stereocenters. The number of hydrogen-bond acceptors (Lipinski definition) is 2. The molecule has 0 saturated carbocycles. The molecule has 1 amide bonds. The maximum Gasteiger partial charge on any atom is 0.221 e.